The van der Waals surface area contributed by atoms with Crippen LogP contribution in [-0.2, 0) is 6.42 Å². The quantitative estimate of drug-likeness (QED) is 0.203. The maximum Gasteiger partial charge on any atom is 0.203 e. The van der Waals surface area contributed by atoms with Crippen molar-refractivity contribution in [3.8, 4) is 40.5 Å². The van der Waals surface area contributed by atoms with E-state index >= 15 is 0 Å². The van der Waals surface area contributed by atoms with Crippen molar-refractivity contribution in [2.45, 2.75) is 45.4 Å². The number of benzene rings is 2. The van der Waals surface area contributed by atoms with Crippen LogP contribution in [-0.4, -0.2) is 34.4 Å². The first-order valence-electron chi connectivity index (χ1n) is 12.3. The largest absolute Gasteiger partial charge is 0.493 e. The van der Waals surface area contributed by atoms with Gasteiger partial charge in [0.15, 0.2) is 11.5 Å². The minimum Gasteiger partial charge on any atom is -0.493 e. The minimum atomic E-state index is 0.440. The molecule has 2 rings (SSSR count). The van der Waals surface area contributed by atoms with Crippen molar-refractivity contribution in [1.29, 1.82) is 10.5 Å². The molecule has 0 radical (unpaired) electrons. The number of nitrogens with zero attached hydrogens (tertiary/aromatic N) is 3. The summed E-state index contributed by atoms with van der Waals surface area (Å²) in [6.07, 6.45) is 9.86. The van der Waals surface area contributed by atoms with Crippen LogP contribution < -0.4 is 19.1 Å². The van der Waals surface area contributed by atoms with Gasteiger partial charge in [-0.05, 0) is 42.2 Å². The zero-order valence-electron chi connectivity index (χ0n) is 22.0. The molecule has 2 aromatic rings. The van der Waals surface area contributed by atoms with Crippen molar-refractivity contribution in [2.75, 3.05) is 39.3 Å². The molecule has 6 nitrogen and oxygen atoms in total. The highest BCUT2D eigenvalue weighted by Crippen LogP contribution is 2.45. The molecule has 0 aromatic heterocycles. The van der Waals surface area contributed by atoms with E-state index < -0.39 is 0 Å². The summed E-state index contributed by atoms with van der Waals surface area (Å²) >= 11 is 0. The maximum atomic E-state index is 10.5. The van der Waals surface area contributed by atoms with Gasteiger partial charge in [0.1, 0.15) is 12.1 Å². The summed E-state index contributed by atoms with van der Waals surface area (Å²) in [6.45, 7) is 10.9. The number of ether oxygens (including phenoxy) is 3. The third kappa shape index (κ3) is 6.40. The van der Waals surface area contributed by atoms with Crippen LogP contribution in [0.5, 0.6) is 17.2 Å². The van der Waals surface area contributed by atoms with Crippen LogP contribution in [0, 0.1) is 22.7 Å². The predicted molar refractivity (Wildman–Crippen MR) is 146 cm³/mol. The Labute approximate surface area is 216 Å². The van der Waals surface area contributed by atoms with Crippen molar-refractivity contribution >= 4 is 5.69 Å². The molecule has 6 heteroatoms. The second kappa shape index (κ2) is 14.5. The Kier molecular flexibility index (Phi) is 11.4. The summed E-state index contributed by atoms with van der Waals surface area (Å²) in [7, 11) is 4.70. The molecule has 0 aliphatic carbocycles. The lowest BCUT2D eigenvalue weighted by atomic mass is 9.87. The number of anilines is 1. The lowest BCUT2D eigenvalue weighted by Crippen LogP contribution is -2.25. The van der Waals surface area contributed by atoms with Gasteiger partial charge in [-0.15, -0.1) is 13.2 Å². The fraction of sp³-hybridized carbons (Fsp3) is 0.400. The summed E-state index contributed by atoms with van der Waals surface area (Å²) in [5.74, 6) is 1.49. The number of hydrogen-bond donors (Lipinski definition) is 0. The average Bonchev–Trinajstić information content (AvgIpc) is 2.90. The van der Waals surface area contributed by atoms with Crippen molar-refractivity contribution in [2.24, 2.45) is 0 Å². The van der Waals surface area contributed by atoms with E-state index in [-0.39, 0.29) is 0 Å². The summed E-state index contributed by atoms with van der Waals surface area (Å²) in [5.41, 5.74) is 3.99. The third-order valence-corrected chi connectivity index (χ3v) is 6.13. The Morgan fingerprint density at radius 3 is 1.94 bits per heavy atom. The van der Waals surface area contributed by atoms with E-state index in [1.807, 2.05) is 23.1 Å². The summed E-state index contributed by atoms with van der Waals surface area (Å²) in [6, 6.07) is 10.4. The van der Waals surface area contributed by atoms with Gasteiger partial charge in [0.2, 0.25) is 5.75 Å². The van der Waals surface area contributed by atoms with Crippen LogP contribution in [0.4, 0.5) is 5.69 Å². The fourth-order valence-corrected chi connectivity index (χ4v) is 4.49. The molecular weight excluding hydrogens is 450 g/mol. The molecule has 0 aliphatic rings. The van der Waals surface area contributed by atoms with E-state index in [1.165, 1.54) is 12.8 Å². The maximum absolute atomic E-state index is 10.5. The first kappa shape index (κ1) is 28.3. The molecule has 0 amide bonds. The number of rotatable bonds is 15. The Morgan fingerprint density at radius 2 is 1.47 bits per heavy atom. The summed E-state index contributed by atoms with van der Waals surface area (Å²) < 4.78 is 16.7. The third-order valence-electron chi connectivity index (χ3n) is 6.13. The normalized spacial score (nSPS) is 10.2. The van der Waals surface area contributed by atoms with E-state index in [0.29, 0.717) is 47.2 Å². The highest BCUT2D eigenvalue weighted by Gasteiger charge is 2.25. The summed E-state index contributed by atoms with van der Waals surface area (Å²) in [5, 5.41) is 20.6. The van der Waals surface area contributed by atoms with Gasteiger partial charge in [0, 0.05) is 18.7 Å². The molecule has 2 aromatic carbocycles. The topological polar surface area (TPSA) is 78.5 Å². The van der Waals surface area contributed by atoms with Crippen LogP contribution >= 0.6 is 0 Å². The van der Waals surface area contributed by atoms with E-state index in [1.54, 1.807) is 33.5 Å². The zero-order valence-corrected chi connectivity index (χ0v) is 22.0. The van der Waals surface area contributed by atoms with Crippen LogP contribution in [0.1, 0.15) is 55.7 Å². The average molecular weight is 488 g/mol. The van der Waals surface area contributed by atoms with Crippen LogP contribution in [0.25, 0.3) is 11.1 Å². The molecule has 0 fully saturated rings. The Morgan fingerprint density at radius 1 is 0.861 bits per heavy atom. The Balaban J connectivity index is 2.87. The number of unbranched alkanes of at least 4 members (excludes halogenated alkanes) is 4. The van der Waals surface area contributed by atoms with Gasteiger partial charge in [-0.1, -0.05) is 44.8 Å². The molecule has 0 spiro atoms. The Bertz CT molecular complexity index is 1110. The van der Waals surface area contributed by atoms with E-state index in [0.717, 1.165) is 42.4 Å². The lowest BCUT2D eigenvalue weighted by Gasteiger charge is -2.27. The van der Waals surface area contributed by atoms with Gasteiger partial charge >= 0.3 is 0 Å². The number of nitriles is 2. The molecule has 0 bridgehead atoms. The van der Waals surface area contributed by atoms with E-state index in [4.69, 9.17) is 14.2 Å². The molecule has 0 heterocycles. The Hall–Kier alpha value is -3.90. The molecule has 0 unspecified atom stereocenters. The van der Waals surface area contributed by atoms with Gasteiger partial charge in [0.05, 0.1) is 38.1 Å². The van der Waals surface area contributed by atoms with E-state index in [9.17, 15) is 10.5 Å². The highest BCUT2D eigenvalue weighted by atomic mass is 16.5. The standard InChI is InChI=1S/C30H37N3O3/c1-7-10-11-12-13-14-22-17-24(20-31)29(33(15-8-2)16-9-3)25(21-32)28(22)23-18-26(34-4)30(36-6)27(19-23)35-5/h8-9,17-19H,2-3,7,10-16H2,1,4-6H3. The second-order valence-corrected chi connectivity index (χ2v) is 8.47. The monoisotopic (exact) mass is 487 g/mol. The molecule has 0 aliphatic heterocycles. The van der Waals surface area contributed by atoms with Gasteiger partial charge < -0.3 is 19.1 Å². The zero-order chi connectivity index (χ0) is 26.5. The first-order valence-corrected chi connectivity index (χ1v) is 12.3. The van der Waals surface area contributed by atoms with Crippen LogP contribution in [0.2, 0.25) is 0 Å². The minimum absolute atomic E-state index is 0.440. The second-order valence-electron chi connectivity index (χ2n) is 8.47. The summed E-state index contributed by atoms with van der Waals surface area (Å²) in [4.78, 5) is 1.95. The lowest BCUT2D eigenvalue weighted by molar-refractivity contribution is 0.324. The van der Waals surface area contributed by atoms with Crippen molar-refractivity contribution < 1.29 is 14.2 Å². The predicted octanol–water partition coefficient (Wildman–Crippen LogP) is 6.81. The molecule has 0 N–H and O–H groups in total. The molecule has 190 valence electrons. The van der Waals surface area contributed by atoms with Crippen molar-refractivity contribution in [3.63, 3.8) is 0 Å². The van der Waals surface area contributed by atoms with Crippen molar-refractivity contribution in [1.82, 2.24) is 0 Å². The highest BCUT2D eigenvalue weighted by molar-refractivity contribution is 5.86. The van der Waals surface area contributed by atoms with Gasteiger partial charge in [-0.3, -0.25) is 0 Å². The van der Waals surface area contributed by atoms with Crippen LogP contribution in [0.15, 0.2) is 43.5 Å². The molecule has 0 atom stereocenters. The molecule has 36 heavy (non-hydrogen) atoms. The van der Waals surface area contributed by atoms with Gasteiger partial charge in [-0.25, -0.2) is 0 Å². The van der Waals surface area contributed by atoms with Crippen LogP contribution in [0.3, 0.4) is 0 Å². The van der Waals surface area contributed by atoms with Gasteiger partial charge in [0.25, 0.3) is 0 Å². The van der Waals surface area contributed by atoms with Crippen molar-refractivity contribution in [3.05, 3.63) is 60.2 Å². The fourth-order valence-electron chi connectivity index (χ4n) is 4.49. The SMILES string of the molecule is C=CCN(CC=C)c1c(C#N)cc(CCCCCCC)c(-c2cc(OC)c(OC)c(OC)c2)c1C#N. The molecule has 0 saturated heterocycles. The van der Waals surface area contributed by atoms with E-state index in [2.05, 4.69) is 32.2 Å². The molecular formula is C30H37N3O3. The van der Waals surface area contributed by atoms with Gasteiger partial charge in [-0.2, -0.15) is 10.5 Å². The molecule has 0 saturated carbocycles. The number of aryl methyl sites for hydroxylation is 1. The number of methoxy groups -OCH3 is 3. The number of hydrogen-bond acceptors (Lipinski definition) is 6. The first-order chi connectivity index (χ1) is 17.5. The smallest absolute Gasteiger partial charge is 0.203 e.